The highest BCUT2D eigenvalue weighted by atomic mass is 19.1. The standard InChI is InChI=1S/C28H28FN5O6/c1-39-26-23-18(25(35)19(28(37)38)14-33(23)16-7-8-16)13-20(29)24(26)32-11-9-31(10-12-32)15-34-21-6-4-3-5-17(21)22(27(34)36)30-40-2/h3-6,13-14,16H,7-12,15H2,1-2H3,(H,37,38)/b30-22-. The molecule has 11 nitrogen and oxygen atoms in total. The molecule has 2 fully saturated rings. The summed E-state index contributed by atoms with van der Waals surface area (Å²) in [5.74, 6) is -2.02. The van der Waals surface area contributed by atoms with Crippen molar-refractivity contribution in [1.29, 1.82) is 0 Å². The Hall–Kier alpha value is -4.45. The van der Waals surface area contributed by atoms with Crippen molar-refractivity contribution in [2.75, 3.05) is 56.9 Å². The van der Waals surface area contributed by atoms with Crippen LogP contribution in [0.5, 0.6) is 5.75 Å². The second-order valence-electron chi connectivity index (χ2n) is 10.1. The lowest BCUT2D eigenvalue weighted by Gasteiger charge is -2.38. The number of hydrogen-bond acceptors (Lipinski definition) is 8. The minimum Gasteiger partial charge on any atom is -0.492 e. The molecule has 208 valence electrons. The minimum atomic E-state index is -1.35. The van der Waals surface area contributed by atoms with Crippen molar-refractivity contribution < 1.29 is 28.7 Å². The first-order valence-corrected chi connectivity index (χ1v) is 13.0. The quantitative estimate of drug-likeness (QED) is 0.447. The molecule has 3 heterocycles. The second kappa shape index (κ2) is 9.94. The Kier molecular flexibility index (Phi) is 6.41. The molecule has 1 saturated heterocycles. The van der Waals surface area contributed by atoms with Crippen molar-refractivity contribution in [2.24, 2.45) is 5.16 Å². The summed E-state index contributed by atoms with van der Waals surface area (Å²) in [7, 11) is 2.83. The lowest BCUT2D eigenvalue weighted by atomic mass is 10.1. The van der Waals surface area contributed by atoms with E-state index in [1.54, 1.807) is 9.47 Å². The number of fused-ring (bicyclic) bond motifs is 2. The fourth-order valence-corrected chi connectivity index (χ4v) is 5.62. The van der Waals surface area contributed by atoms with Gasteiger partial charge in [-0.25, -0.2) is 9.18 Å². The molecule has 0 radical (unpaired) electrons. The van der Waals surface area contributed by atoms with E-state index in [0.29, 0.717) is 43.9 Å². The van der Waals surface area contributed by atoms with E-state index in [1.165, 1.54) is 20.4 Å². The van der Waals surface area contributed by atoms with Crippen molar-refractivity contribution in [3.63, 3.8) is 0 Å². The normalized spacial score (nSPS) is 18.5. The number of methoxy groups -OCH3 is 1. The van der Waals surface area contributed by atoms with Crippen LogP contribution >= 0.6 is 0 Å². The van der Waals surface area contributed by atoms with Crippen LogP contribution in [0.4, 0.5) is 15.8 Å². The number of halogens is 1. The molecule has 0 bridgehead atoms. The van der Waals surface area contributed by atoms with Gasteiger partial charge in [0.1, 0.15) is 18.4 Å². The number of carboxylic acid groups (broad SMARTS) is 1. The lowest BCUT2D eigenvalue weighted by molar-refractivity contribution is -0.112. The van der Waals surface area contributed by atoms with E-state index >= 15 is 4.39 Å². The maximum atomic E-state index is 15.7. The maximum absolute atomic E-state index is 15.7. The first kappa shape index (κ1) is 25.8. The summed E-state index contributed by atoms with van der Waals surface area (Å²) in [5, 5.41) is 13.5. The summed E-state index contributed by atoms with van der Waals surface area (Å²) in [4.78, 5) is 48.3. The molecule has 1 aromatic heterocycles. The molecule has 0 atom stereocenters. The number of hydrogen-bond donors (Lipinski definition) is 1. The van der Waals surface area contributed by atoms with E-state index in [9.17, 15) is 19.5 Å². The van der Waals surface area contributed by atoms with Crippen molar-refractivity contribution in [1.82, 2.24) is 9.47 Å². The Morgan fingerprint density at radius 3 is 2.50 bits per heavy atom. The number of anilines is 2. The van der Waals surface area contributed by atoms with Gasteiger partial charge in [-0.2, -0.15) is 0 Å². The molecule has 2 aromatic carbocycles. The Bertz CT molecular complexity index is 1620. The third-order valence-corrected chi connectivity index (χ3v) is 7.68. The molecule has 3 aliphatic rings. The molecule has 12 heteroatoms. The number of oxime groups is 1. The number of para-hydroxylation sites is 1. The topological polar surface area (TPSA) is 117 Å². The van der Waals surface area contributed by atoms with Gasteiger partial charge < -0.3 is 24.1 Å². The van der Waals surface area contributed by atoms with Gasteiger partial charge in [0, 0.05) is 44.0 Å². The average Bonchev–Trinajstić information content (AvgIpc) is 3.76. The first-order valence-electron chi connectivity index (χ1n) is 13.0. The van der Waals surface area contributed by atoms with Crippen LogP contribution in [0.15, 0.2) is 46.5 Å². The van der Waals surface area contributed by atoms with Gasteiger partial charge in [0.05, 0.1) is 30.4 Å². The highest BCUT2D eigenvalue weighted by molar-refractivity contribution is 6.54. The molecule has 0 unspecified atom stereocenters. The van der Waals surface area contributed by atoms with Crippen LogP contribution in [0.25, 0.3) is 10.9 Å². The molecule has 1 saturated carbocycles. The molecule has 40 heavy (non-hydrogen) atoms. The zero-order valence-electron chi connectivity index (χ0n) is 22.1. The predicted molar refractivity (Wildman–Crippen MR) is 146 cm³/mol. The third-order valence-electron chi connectivity index (χ3n) is 7.68. The van der Waals surface area contributed by atoms with Crippen molar-refractivity contribution in [3.8, 4) is 5.75 Å². The number of amides is 1. The van der Waals surface area contributed by atoms with Crippen LogP contribution in [-0.4, -0.2) is 79.2 Å². The molecule has 0 spiro atoms. The van der Waals surface area contributed by atoms with E-state index in [2.05, 4.69) is 10.1 Å². The number of aromatic nitrogens is 1. The van der Waals surface area contributed by atoms with E-state index in [1.807, 2.05) is 29.2 Å². The number of benzene rings is 2. The third kappa shape index (κ3) is 4.15. The number of carboxylic acids is 1. The Morgan fingerprint density at radius 1 is 1.12 bits per heavy atom. The fourth-order valence-electron chi connectivity index (χ4n) is 5.62. The molecule has 3 aromatic rings. The molecule has 2 aliphatic heterocycles. The Balaban J connectivity index is 1.29. The fraction of sp³-hybridized carbons (Fsp3) is 0.357. The number of pyridine rings is 1. The average molecular weight is 550 g/mol. The van der Waals surface area contributed by atoms with E-state index in [-0.39, 0.29) is 40.0 Å². The van der Waals surface area contributed by atoms with Gasteiger partial charge in [0.25, 0.3) is 5.91 Å². The Morgan fingerprint density at radius 2 is 1.85 bits per heavy atom. The van der Waals surface area contributed by atoms with Crippen molar-refractivity contribution in [3.05, 3.63) is 63.7 Å². The zero-order chi connectivity index (χ0) is 28.1. The largest absolute Gasteiger partial charge is 0.492 e. The monoisotopic (exact) mass is 549 g/mol. The van der Waals surface area contributed by atoms with Crippen molar-refractivity contribution in [2.45, 2.75) is 18.9 Å². The summed E-state index contributed by atoms with van der Waals surface area (Å²) in [6.45, 7) is 2.31. The second-order valence-corrected chi connectivity index (χ2v) is 10.1. The van der Waals surface area contributed by atoms with Crippen LogP contribution in [0.3, 0.4) is 0 Å². The molecular weight excluding hydrogens is 521 g/mol. The van der Waals surface area contributed by atoms with Crippen LogP contribution < -0.4 is 20.0 Å². The van der Waals surface area contributed by atoms with E-state index in [0.717, 1.165) is 24.6 Å². The molecule has 1 amide bonds. The SMILES string of the molecule is CO/N=C1\C(=O)N(CN2CCN(c3c(F)cc4c(=O)c(C(=O)O)cn(C5CC5)c4c3OC)CC2)c2ccccc21. The number of aromatic carboxylic acids is 1. The van der Waals surface area contributed by atoms with Gasteiger partial charge in [-0.15, -0.1) is 0 Å². The van der Waals surface area contributed by atoms with Gasteiger partial charge >= 0.3 is 5.97 Å². The van der Waals surface area contributed by atoms with Crippen LogP contribution in [0.2, 0.25) is 0 Å². The van der Waals surface area contributed by atoms with Gasteiger partial charge in [-0.05, 0) is 25.0 Å². The number of piperazine rings is 1. The van der Waals surface area contributed by atoms with Crippen LogP contribution in [0, 0.1) is 5.82 Å². The number of rotatable bonds is 7. The highest BCUT2D eigenvalue weighted by Crippen LogP contribution is 2.44. The number of carbonyl (C=O) groups is 2. The number of nitrogens with zero attached hydrogens (tertiary/aromatic N) is 5. The highest BCUT2D eigenvalue weighted by Gasteiger charge is 2.37. The Labute approximate surface area is 228 Å². The number of carbonyl (C=O) groups excluding carboxylic acids is 1. The van der Waals surface area contributed by atoms with E-state index < -0.39 is 17.2 Å². The first-order chi connectivity index (χ1) is 19.3. The lowest BCUT2D eigenvalue weighted by Crippen LogP contribution is -2.51. The minimum absolute atomic E-state index is 0.0109. The maximum Gasteiger partial charge on any atom is 0.341 e. The molecule has 1 aliphatic carbocycles. The predicted octanol–water partition coefficient (Wildman–Crippen LogP) is 2.66. The van der Waals surface area contributed by atoms with Gasteiger partial charge in [-0.3, -0.25) is 19.4 Å². The molecular formula is C28H28FN5O6. The van der Waals surface area contributed by atoms with Crippen LogP contribution in [0.1, 0.15) is 34.8 Å². The smallest absolute Gasteiger partial charge is 0.341 e. The van der Waals surface area contributed by atoms with Crippen LogP contribution in [-0.2, 0) is 9.63 Å². The van der Waals surface area contributed by atoms with Gasteiger partial charge in [0.2, 0.25) is 5.43 Å². The summed E-state index contributed by atoms with van der Waals surface area (Å²) < 4.78 is 23.1. The summed E-state index contributed by atoms with van der Waals surface area (Å²) in [5.41, 5.74) is 1.24. The zero-order valence-corrected chi connectivity index (χ0v) is 22.1. The van der Waals surface area contributed by atoms with E-state index in [4.69, 9.17) is 9.57 Å². The summed E-state index contributed by atoms with van der Waals surface area (Å²) in [6.07, 6.45) is 3.01. The van der Waals surface area contributed by atoms with Gasteiger partial charge in [0.15, 0.2) is 17.3 Å². The molecule has 1 N–H and O–H groups in total. The number of ether oxygens (including phenoxy) is 1. The van der Waals surface area contributed by atoms with Gasteiger partial charge in [-0.1, -0.05) is 23.4 Å². The summed E-state index contributed by atoms with van der Waals surface area (Å²) in [6, 6.07) is 8.56. The summed E-state index contributed by atoms with van der Waals surface area (Å²) >= 11 is 0. The molecule has 6 rings (SSSR count). The van der Waals surface area contributed by atoms with Crippen molar-refractivity contribution >= 4 is 39.9 Å².